The van der Waals surface area contributed by atoms with Gasteiger partial charge in [-0.2, -0.15) is 5.10 Å². The highest BCUT2D eigenvalue weighted by molar-refractivity contribution is 7.89. The molecule has 0 fully saturated rings. The van der Waals surface area contributed by atoms with Crippen molar-refractivity contribution < 1.29 is 22.7 Å². The fourth-order valence-corrected chi connectivity index (χ4v) is 4.47. The maximum atomic E-state index is 12.9. The second-order valence-corrected chi connectivity index (χ2v) is 10.3. The predicted octanol–water partition coefficient (Wildman–Crippen LogP) is 2.18. The second-order valence-electron chi connectivity index (χ2n) is 7.78. The molecule has 3 rings (SSSR count). The summed E-state index contributed by atoms with van der Waals surface area (Å²) in [5.41, 5.74) is 1.00. The van der Waals surface area contributed by atoms with Crippen molar-refractivity contribution in [1.82, 2.24) is 19.8 Å². The van der Waals surface area contributed by atoms with Crippen molar-refractivity contribution in [3.63, 3.8) is 0 Å². The van der Waals surface area contributed by atoms with Crippen LogP contribution in [-0.4, -0.2) is 49.4 Å². The molecule has 0 saturated heterocycles. The monoisotopic (exact) mass is 552 g/mol. The van der Waals surface area contributed by atoms with Crippen molar-refractivity contribution in [3.05, 3.63) is 80.2 Å². The highest BCUT2D eigenvalue weighted by atomic mass is 35.5. The molecule has 1 atom stereocenters. The number of benzene rings is 2. The lowest BCUT2D eigenvalue weighted by atomic mass is 10.0. The molecule has 2 aromatic carbocycles. The molecule has 0 saturated carbocycles. The summed E-state index contributed by atoms with van der Waals surface area (Å²) in [6, 6.07) is 9.78. The summed E-state index contributed by atoms with van der Waals surface area (Å²) < 4.78 is 31.6. The van der Waals surface area contributed by atoms with Crippen molar-refractivity contribution in [2.45, 2.75) is 12.5 Å². The Balaban J connectivity index is 1.92. The van der Waals surface area contributed by atoms with E-state index < -0.39 is 27.9 Å². The van der Waals surface area contributed by atoms with E-state index in [0.29, 0.717) is 22.4 Å². The molecule has 1 aromatic heterocycles. The number of sulfonamides is 1. The van der Waals surface area contributed by atoms with Gasteiger partial charge < -0.3 is 10.1 Å². The van der Waals surface area contributed by atoms with Crippen LogP contribution < -0.4 is 20.3 Å². The van der Waals surface area contributed by atoms with E-state index in [1.54, 1.807) is 30.3 Å². The number of nitrogens with zero attached hydrogens (tertiary/aromatic N) is 2. The van der Waals surface area contributed by atoms with Gasteiger partial charge in [0.15, 0.2) is 5.75 Å². The molecule has 1 heterocycles. The van der Waals surface area contributed by atoms with Crippen LogP contribution in [0.2, 0.25) is 10.0 Å². The van der Waals surface area contributed by atoms with E-state index in [4.69, 9.17) is 27.9 Å². The average Bonchev–Trinajstić information content (AvgIpc) is 2.79. The number of nitrogens with one attached hydrogen (secondary N) is 2. The van der Waals surface area contributed by atoms with Crippen LogP contribution in [0, 0.1) is 0 Å². The van der Waals surface area contributed by atoms with Gasteiger partial charge in [0.25, 0.3) is 17.4 Å². The summed E-state index contributed by atoms with van der Waals surface area (Å²) in [7, 11) is -0.960. The fraction of sp³-hybridized carbons (Fsp3) is 0.217. The molecule has 3 aromatic rings. The SMILES string of the molecule is COc1cnn(C)c(=O)c1-c1ccc(C[C@H](NC(=O)c2c(Cl)cccc2Cl)C(=O)NS(C)(=O)=O)cc1. The van der Waals surface area contributed by atoms with Gasteiger partial charge in [0.05, 0.1) is 40.7 Å². The standard InChI is InChI=1S/C23H22Cl2N4O6S/c1-29-23(32)19(18(35-2)12-26-29)14-9-7-13(8-10-14)11-17(21(30)28-36(3,33)34)27-22(31)20-15(24)5-4-6-16(20)25/h4-10,12,17H,11H2,1-3H3,(H,27,31)(H,28,30)/t17-/m0/s1. The third-order valence-corrected chi connectivity index (χ3v) is 6.30. The number of hydrogen-bond acceptors (Lipinski definition) is 7. The normalized spacial score (nSPS) is 12.0. The first-order valence-corrected chi connectivity index (χ1v) is 13.0. The van der Waals surface area contributed by atoms with E-state index in [9.17, 15) is 22.8 Å². The minimum atomic E-state index is -3.90. The minimum Gasteiger partial charge on any atom is -0.494 e. The molecule has 10 nitrogen and oxygen atoms in total. The van der Waals surface area contributed by atoms with Crippen molar-refractivity contribution >= 4 is 45.0 Å². The van der Waals surface area contributed by atoms with E-state index in [-0.39, 0.29) is 27.6 Å². The van der Waals surface area contributed by atoms with Gasteiger partial charge in [-0.3, -0.25) is 19.1 Å². The Bertz CT molecular complexity index is 1450. The van der Waals surface area contributed by atoms with Gasteiger partial charge >= 0.3 is 0 Å². The zero-order valence-corrected chi connectivity index (χ0v) is 21.7. The molecular weight excluding hydrogens is 531 g/mol. The molecule has 0 aliphatic heterocycles. The Morgan fingerprint density at radius 3 is 2.28 bits per heavy atom. The van der Waals surface area contributed by atoms with Crippen molar-refractivity contribution in [1.29, 1.82) is 0 Å². The van der Waals surface area contributed by atoms with Crippen LogP contribution >= 0.6 is 23.2 Å². The van der Waals surface area contributed by atoms with Crippen LogP contribution in [0.1, 0.15) is 15.9 Å². The van der Waals surface area contributed by atoms with Crippen LogP contribution in [0.4, 0.5) is 0 Å². The number of halogens is 2. The Labute approximate surface area is 217 Å². The lowest BCUT2D eigenvalue weighted by Gasteiger charge is -2.19. The minimum absolute atomic E-state index is 0.0473. The maximum absolute atomic E-state index is 12.9. The zero-order chi connectivity index (χ0) is 26.6. The highest BCUT2D eigenvalue weighted by Gasteiger charge is 2.26. The van der Waals surface area contributed by atoms with Crippen LogP contribution in [0.15, 0.2) is 53.5 Å². The van der Waals surface area contributed by atoms with Gasteiger partial charge in [0, 0.05) is 13.5 Å². The first kappa shape index (κ1) is 27.2. The molecular formula is C23H22Cl2N4O6S. The number of rotatable bonds is 8. The van der Waals surface area contributed by atoms with E-state index in [0.717, 1.165) is 6.26 Å². The molecule has 0 unspecified atom stereocenters. The number of aromatic nitrogens is 2. The number of carbonyl (C=O) groups excluding carboxylic acids is 2. The summed E-state index contributed by atoms with van der Waals surface area (Å²) >= 11 is 12.2. The van der Waals surface area contributed by atoms with E-state index >= 15 is 0 Å². The number of aryl methyl sites for hydroxylation is 1. The average molecular weight is 553 g/mol. The molecule has 190 valence electrons. The van der Waals surface area contributed by atoms with Crippen LogP contribution in [0.5, 0.6) is 5.75 Å². The Kier molecular flexibility index (Phi) is 8.39. The molecule has 0 spiro atoms. The third kappa shape index (κ3) is 6.42. The first-order chi connectivity index (χ1) is 16.9. The number of hydrogen-bond donors (Lipinski definition) is 2. The Morgan fingerprint density at radius 2 is 1.72 bits per heavy atom. The van der Waals surface area contributed by atoms with E-state index in [1.807, 2.05) is 4.72 Å². The van der Waals surface area contributed by atoms with Gasteiger partial charge in [-0.25, -0.2) is 13.1 Å². The largest absolute Gasteiger partial charge is 0.494 e. The molecule has 0 aliphatic carbocycles. The number of ether oxygens (including phenoxy) is 1. The molecule has 0 aliphatic rings. The van der Waals surface area contributed by atoms with E-state index in [1.165, 1.54) is 37.2 Å². The van der Waals surface area contributed by atoms with Crippen LogP contribution in [-0.2, 0) is 28.3 Å². The molecule has 36 heavy (non-hydrogen) atoms. The molecule has 0 radical (unpaired) electrons. The summed E-state index contributed by atoms with van der Waals surface area (Å²) in [5.74, 6) is -1.40. The van der Waals surface area contributed by atoms with Gasteiger partial charge in [-0.1, -0.05) is 53.5 Å². The summed E-state index contributed by atoms with van der Waals surface area (Å²) in [6.07, 6.45) is 2.18. The molecule has 2 amide bonds. The predicted molar refractivity (Wildman–Crippen MR) is 136 cm³/mol. The van der Waals surface area contributed by atoms with Crippen LogP contribution in [0.3, 0.4) is 0 Å². The van der Waals surface area contributed by atoms with Crippen molar-refractivity contribution in [2.24, 2.45) is 7.05 Å². The molecule has 13 heteroatoms. The van der Waals surface area contributed by atoms with Gasteiger partial charge in [-0.05, 0) is 23.3 Å². The summed E-state index contributed by atoms with van der Waals surface area (Å²) in [5, 5.41) is 6.57. The first-order valence-electron chi connectivity index (χ1n) is 10.4. The van der Waals surface area contributed by atoms with Crippen LogP contribution in [0.25, 0.3) is 11.1 Å². The topological polar surface area (TPSA) is 136 Å². The lowest BCUT2D eigenvalue weighted by Crippen LogP contribution is -2.49. The number of methoxy groups -OCH3 is 1. The summed E-state index contributed by atoms with van der Waals surface area (Å²) in [4.78, 5) is 38.2. The zero-order valence-electron chi connectivity index (χ0n) is 19.4. The Hall–Kier alpha value is -3.41. The van der Waals surface area contributed by atoms with Crippen molar-refractivity contribution in [3.8, 4) is 16.9 Å². The second kappa shape index (κ2) is 11.1. The fourth-order valence-electron chi connectivity index (χ4n) is 3.40. The van der Waals surface area contributed by atoms with Crippen molar-refractivity contribution in [2.75, 3.05) is 13.4 Å². The molecule has 2 N–H and O–H groups in total. The third-order valence-electron chi connectivity index (χ3n) is 5.10. The lowest BCUT2D eigenvalue weighted by molar-refractivity contribution is -0.121. The number of carbonyl (C=O) groups is 2. The quantitative estimate of drug-likeness (QED) is 0.437. The number of amides is 2. The van der Waals surface area contributed by atoms with Gasteiger partial charge in [0.1, 0.15) is 6.04 Å². The van der Waals surface area contributed by atoms with Gasteiger partial charge in [-0.15, -0.1) is 0 Å². The smallest absolute Gasteiger partial charge is 0.278 e. The highest BCUT2D eigenvalue weighted by Crippen LogP contribution is 2.26. The van der Waals surface area contributed by atoms with E-state index in [2.05, 4.69) is 10.4 Å². The van der Waals surface area contributed by atoms with Gasteiger partial charge in [0.2, 0.25) is 10.0 Å². The summed E-state index contributed by atoms with van der Waals surface area (Å²) in [6.45, 7) is 0. The molecule has 0 bridgehead atoms. The maximum Gasteiger partial charge on any atom is 0.278 e. The Morgan fingerprint density at radius 1 is 1.11 bits per heavy atom.